The first-order chi connectivity index (χ1) is 8.54. The molecule has 18 heavy (non-hydrogen) atoms. The van der Waals surface area contributed by atoms with E-state index in [0.717, 1.165) is 5.56 Å². The SMILES string of the molecule is CC(C)CNC(=O)C(CCN)c1ccc(Cl)cc1. The highest BCUT2D eigenvalue weighted by Crippen LogP contribution is 2.21. The van der Waals surface area contributed by atoms with Crippen LogP contribution < -0.4 is 11.1 Å². The van der Waals surface area contributed by atoms with Crippen LogP contribution in [0.3, 0.4) is 0 Å². The zero-order valence-electron chi connectivity index (χ0n) is 10.9. The maximum absolute atomic E-state index is 12.1. The molecule has 0 spiro atoms. The minimum Gasteiger partial charge on any atom is -0.355 e. The van der Waals surface area contributed by atoms with Crippen LogP contribution in [-0.4, -0.2) is 19.0 Å². The highest BCUT2D eigenvalue weighted by atomic mass is 35.5. The van der Waals surface area contributed by atoms with E-state index in [9.17, 15) is 4.79 Å². The Morgan fingerprint density at radius 1 is 1.33 bits per heavy atom. The number of benzene rings is 1. The van der Waals surface area contributed by atoms with Crippen molar-refractivity contribution >= 4 is 17.5 Å². The number of amides is 1. The van der Waals surface area contributed by atoms with Gasteiger partial charge in [0, 0.05) is 11.6 Å². The number of nitrogens with two attached hydrogens (primary N) is 1. The van der Waals surface area contributed by atoms with Gasteiger partial charge in [0.05, 0.1) is 5.92 Å². The zero-order chi connectivity index (χ0) is 13.5. The predicted molar refractivity (Wildman–Crippen MR) is 75.7 cm³/mol. The lowest BCUT2D eigenvalue weighted by Crippen LogP contribution is -2.33. The van der Waals surface area contributed by atoms with Crippen LogP contribution in [0.4, 0.5) is 0 Å². The molecule has 3 nitrogen and oxygen atoms in total. The van der Waals surface area contributed by atoms with Crippen molar-refractivity contribution in [1.82, 2.24) is 5.32 Å². The third kappa shape index (κ3) is 4.67. The van der Waals surface area contributed by atoms with Gasteiger partial charge in [-0.15, -0.1) is 0 Å². The van der Waals surface area contributed by atoms with E-state index in [1.165, 1.54) is 0 Å². The van der Waals surface area contributed by atoms with Crippen LogP contribution >= 0.6 is 11.6 Å². The molecule has 0 heterocycles. The van der Waals surface area contributed by atoms with E-state index >= 15 is 0 Å². The first-order valence-electron chi connectivity index (χ1n) is 6.27. The van der Waals surface area contributed by atoms with Gasteiger partial charge in [-0.2, -0.15) is 0 Å². The first-order valence-corrected chi connectivity index (χ1v) is 6.65. The zero-order valence-corrected chi connectivity index (χ0v) is 11.7. The summed E-state index contributed by atoms with van der Waals surface area (Å²) in [7, 11) is 0. The molecule has 3 N–H and O–H groups in total. The number of hydrogen-bond donors (Lipinski definition) is 2. The van der Waals surface area contributed by atoms with Crippen molar-refractivity contribution in [3.8, 4) is 0 Å². The molecule has 0 aromatic heterocycles. The van der Waals surface area contributed by atoms with E-state index in [2.05, 4.69) is 19.2 Å². The second-order valence-electron chi connectivity index (χ2n) is 4.82. The molecular formula is C14H21ClN2O. The second kappa shape index (κ2) is 7.39. The number of carbonyl (C=O) groups excluding carboxylic acids is 1. The van der Waals surface area contributed by atoms with Crippen LogP contribution in [0.1, 0.15) is 31.7 Å². The van der Waals surface area contributed by atoms with Crippen LogP contribution in [0.2, 0.25) is 5.02 Å². The highest BCUT2D eigenvalue weighted by molar-refractivity contribution is 6.30. The number of carbonyl (C=O) groups is 1. The molecule has 0 fully saturated rings. The Morgan fingerprint density at radius 3 is 2.44 bits per heavy atom. The Balaban J connectivity index is 2.75. The van der Waals surface area contributed by atoms with E-state index in [1.807, 2.05) is 12.1 Å². The Morgan fingerprint density at radius 2 is 1.94 bits per heavy atom. The lowest BCUT2D eigenvalue weighted by molar-refractivity contribution is -0.122. The van der Waals surface area contributed by atoms with Crippen molar-refractivity contribution < 1.29 is 4.79 Å². The molecule has 0 aliphatic heterocycles. The molecule has 0 saturated carbocycles. The summed E-state index contributed by atoms with van der Waals surface area (Å²) in [5.41, 5.74) is 6.55. The largest absolute Gasteiger partial charge is 0.355 e. The Kier molecular flexibility index (Phi) is 6.16. The second-order valence-corrected chi connectivity index (χ2v) is 5.26. The van der Waals surface area contributed by atoms with Crippen LogP contribution in [0.15, 0.2) is 24.3 Å². The molecule has 0 aliphatic rings. The molecule has 1 amide bonds. The van der Waals surface area contributed by atoms with Crippen LogP contribution in [0, 0.1) is 5.92 Å². The van der Waals surface area contributed by atoms with E-state index in [1.54, 1.807) is 12.1 Å². The summed E-state index contributed by atoms with van der Waals surface area (Å²) in [6.07, 6.45) is 0.644. The van der Waals surface area contributed by atoms with Gasteiger partial charge >= 0.3 is 0 Å². The molecule has 0 bridgehead atoms. The molecule has 1 unspecified atom stereocenters. The standard InChI is InChI=1S/C14H21ClN2O/c1-10(2)9-17-14(18)13(7-8-16)11-3-5-12(15)6-4-11/h3-6,10,13H,7-9,16H2,1-2H3,(H,17,18). The topological polar surface area (TPSA) is 55.1 Å². The van der Waals surface area contributed by atoms with Crippen LogP contribution in [0.25, 0.3) is 0 Å². The molecule has 1 atom stereocenters. The molecular weight excluding hydrogens is 248 g/mol. The van der Waals surface area contributed by atoms with Gasteiger partial charge in [0.1, 0.15) is 0 Å². The van der Waals surface area contributed by atoms with Crippen molar-refractivity contribution in [2.24, 2.45) is 11.7 Å². The fourth-order valence-electron chi connectivity index (χ4n) is 1.74. The Labute approximate surface area is 114 Å². The normalized spacial score (nSPS) is 12.5. The van der Waals surface area contributed by atoms with Gasteiger partial charge in [0.2, 0.25) is 5.91 Å². The summed E-state index contributed by atoms with van der Waals surface area (Å²) in [5.74, 6) is 0.292. The summed E-state index contributed by atoms with van der Waals surface area (Å²) in [5, 5.41) is 3.63. The maximum atomic E-state index is 12.1. The fraction of sp³-hybridized carbons (Fsp3) is 0.500. The average molecular weight is 269 g/mol. The van der Waals surface area contributed by atoms with Gasteiger partial charge in [0.25, 0.3) is 0 Å². The van der Waals surface area contributed by atoms with Crippen LogP contribution in [0.5, 0.6) is 0 Å². The highest BCUT2D eigenvalue weighted by Gasteiger charge is 2.19. The Hall–Kier alpha value is -1.06. The molecule has 0 saturated heterocycles. The molecule has 1 aromatic carbocycles. The van der Waals surface area contributed by atoms with E-state index in [0.29, 0.717) is 30.5 Å². The quantitative estimate of drug-likeness (QED) is 0.833. The third-order valence-corrected chi connectivity index (χ3v) is 2.98. The number of hydrogen-bond acceptors (Lipinski definition) is 2. The molecule has 4 heteroatoms. The molecule has 0 radical (unpaired) electrons. The number of rotatable bonds is 6. The molecule has 100 valence electrons. The van der Waals surface area contributed by atoms with Gasteiger partial charge in [0.15, 0.2) is 0 Å². The van der Waals surface area contributed by atoms with Crippen molar-refractivity contribution in [3.63, 3.8) is 0 Å². The number of nitrogens with one attached hydrogen (secondary N) is 1. The van der Waals surface area contributed by atoms with E-state index < -0.39 is 0 Å². The number of halogens is 1. The van der Waals surface area contributed by atoms with Crippen molar-refractivity contribution in [1.29, 1.82) is 0 Å². The van der Waals surface area contributed by atoms with Gasteiger partial charge in [-0.25, -0.2) is 0 Å². The summed E-state index contributed by atoms with van der Waals surface area (Å²) in [6, 6.07) is 7.38. The van der Waals surface area contributed by atoms with Gasteiger partial charge in [-0.1, -0.05) is 37.6 Å². The maximum Gasteiger partial charge on any atom is 0.227 e. The predicted octanol–water partition coefficient (Wildman–Crippen LogP) is 2.54. The summed E-state index contributed by atoms with van der Waals surface area (Å²) in [6.45, 7) is 5.32. The smallest absolute Gasteiger partial charge is 0.227 e. The van der Waals surface area contributed by atoms with Gasteiger partial charge in [-0.05, 0) is 36.6 Å². The summed E-state index contributed by atoms with van der Waals surface area (Å²) in [4.78, 5) is 12.1. The average Bonchev–Trinajstić information content (AvgIpc) is 2.34. The minimum absolute atomic E-state index is 0.0384. The Bertz CT molecular complexity index is 376. The minimum atomic E-state index is -0.189. The van der Waals surface area contributed by atoms with Crippen LogP contribution in [-0.2, 0) is 4.79 Å². The van der Waals surface area contributed by atoms with Crippen molar-refractivity contribution in [2.75, 3.05) is 13.1 Å². The van der Waals surface area contributed by atoms with Gasteiger partial charge < -0.3 is 11.1 Å². The third-order valence-electron chi connectivity index (χ3n) is 2.73. The van der Waals surface area contributed by atoms with Gasteiger partial charge in [-0.3, -0.25) is 4.79 Å². The van der Waals surface area contributed by atoms with Crippen molar-refractivity contribution in [3.05, 3.63) is 34.9 Å². The molecule has 0 aliphatic carbocycles. The van der Waals surface area contributed by atoms with Crippen molar-refractivity contribution in [2.45, 2.75) is 26.2 Å². The lowest BCUT2D eigenvalue weighted by atomic mass is 9.94. The summed E-state index contributed by atoms with van der Waals surface area (Å²) < 4.78 is 0. The van der Waals surface area contributed by atoms with E-state index in [4.69, 9.17) is 17.3 Å². The summed E-state index contributed by atoms with van der Waals surface area (Å²) >= 11 is 5.85. The monoisotopic (exact) mass is 268 g/mol. The van der Waals surface area contributed by atoms with E-state index in [-0.39, 0.29) is 11.8 Å². The molecule has 1 rings (SSSR count). The fourth-order valence-corrected chi connectivity index (χ4v) is 1.86. The lowest BCUT2D eigenvalue weighted by Gasteiger charge is -2.17. The molecule has 1 aromatic rings. The first kappa shape index (κ1) is 15.0.